The van der Waals surface area contributed by atoms with Crippen LogP contribution in [0, 0.1) is 0 Å². The van der Waals surface area contributed by atoms with Crippen molar-refractivity contribution in [2.24, 2.45) is 0 Å². The summed E-state index contributed by atoms with van der Waals surface area (Å²) < 4.78 is 0. The molecule has 0 spiro atoms. The van der Waals surface area contributed by atoms with Crippen molar-refractivity contribution in [2.75, 3.05) is 13.1 Å². The first kappa shape index (κ1) is 11.8. The van der Waals surface area contributed by atoms with Gasteiger partial charge in [0.1, 0.15) is 5.69 Å². The minimum atomic E-state index is -0.837. The highest BCUT2D eigenvalue weighted by molar-refractivity contribution is 5.92. The molecule has 6 nitrogen and oxygen atoms in total. The van der Waals surface area contributed by atoms with Gasteiger partial charge in [0.25, 0.3) is 11.5 Å². The van der Waals surface area contributed by atoms with E-state index in [1.54, 1.807) is 11.8 Å². The first-order valence-electron chi connectivity index (χ1n) is 5.55. The fraction of sp³-hybridized carbons (Fsp3) is 0.545. The van der Waals surface area contributed by atoms with Gasteiger partial charge in [0.2, 0.25) is 0 Å². The number of carbonyl (C=O) groups is 1. The highest BCUT2D eigenvalue weighted by Gasteiger charge is 2.31. The SMILES string of the molecule is CC1(O)CCCN(C(=O)c2ccc(=O)[nH]n2)C1. The molecule has 2 N–H and O–H groups in total. The summed E-state index contributed by atoms with van der Waals surface area (Å²) in [5.41, 5.74) is -0.981. The number of hydrogen-bond acceptors (Lipinski definition) is 4. The molecule has 1 aromatic rings. The molecule has 0 radical (unpaired) electrons. The van der Waals surface area contributed by atoms with E-state index in [1.165, 1.54) is 12.1 Å². The highest BCUT2D eigenvalue weighted by atomic mass is 16.3. The summed E-state index contributed by atoms with van der Waals surface area (Å²) in [4.78, 5) is 24.4. The van der Waals surface area contributed by atoms with Crippen LogP contribution in [0.5, 0.6) is 0 Å². The molecule has 1 fully saturated rings. The van der Waals surface area contributed by atoms with Gasteiger partial charge < -0.3 is 10.0 Å². The summed E-state index contributed by atoms with van der Waals surface area (Å²) in [5, 5.41) is 15.8. The molecule has 1 atom stereocenters. The van der Waals surface area contributed by atoms with Crippen LogP contribution < -0.4 is 5.56 Å². The Kier molecular flexibility index (Phi) is 2.97. The summed E-state index contributed by atoms with van der Waals surface area (Å²) in [7, 11) is 0. The van der Waals surface area contributed by atoms with Crippen molar-refractivity contribution < 1.29 is 9.90 Å². The molecule has 0 aliphatic carbocycles. The number of H-pyrrole nitrogens is 1. The van der Waals surface area contributed by atoms with E-state index in [-0.39, 0.29) is 17.2 Å². The molecule has 1 unspecified atom stereocenters. The smallest absolute Gasteiger partial charge is 0.274 e. The van der Waals surface area contributed by atoms with Crippen molar-refractivity contribution in [3.8, 4) is 0 Å². The van der Waals surface area contributed by atoms with Crippen LogP contribution in [-0.4, -0.2) is 44.8 Å². The first-order valence-corrected chi connectivity index (χ1v) is 5.55. The Labute approximate surface area is 98.3 Å². The van der Waals surface area contributed by atoms with E-state index < -0.39 is 5.60 Å². The van der Waals surface area contributed by atoms with Crippen molar-refractivity contribution in [3.63, 3.8) is 0 Å². The lowest BCUT2D eigenvalue weighted by molar-refractivity contribution is -0.0109. The molecular weight excluding hydrogens is 222 g/mol. The fourth-order valence-electron chi connectivity index (χ4n) is 2.02. The Balaban J connectivity index is 2.15. The molecule has 0 saturated carbocycles. The maximum absolute atomic E-state index is 12.0. The van der Waals surface area contributed by atoms with Gasteiger partial charge in [-0.15, -0.1) is 0 Å². The Morgan fingerprint density at radius 3 is 2.94 bits per heavy atom. The zero-order valence-electron chi connectivity index (χ0n) is 9.64. The average Bonchev–Trinajstić information content (AvgIpc) is 2.28. The Bertz CT molecular complexity index is 461. The van der Waals surface area contributed by atoms with Crippen LogP contribution in [0.3, 0.4) is 0 Å². The minimum Gasteiger partial charge on any atom is -0.388 e. The van der Waals surface area contributed by atoms with E-state index in [2.05, 4.69) is 10.2 Å². The number of aromatic nitrogens is 2. The van der Waals surface area contributed by atoms with Crippen molar-refractivity contribution >= 4 is 5.91 Å². The van der Waals surface area contributed by atoms with Crippen molar-refractivity contribution in [1.29, 1.82) is 0 Å². The predicted molar refractivity (Wildman–Crippen MR) is 60.6 cm³/mol. The molecule has 1 aliphatic heterocycles. The Morgan fingerprint density at radius 1 is 1.59 bits per heavy atom. The number of hydrogen-bond donors (Lipinski definition) is 2. The molecule has 1 aromatic heterocycles. The number of aliphatic hydroxyl groups is 1. The molecule has 92 valence electrons. The normalized spacial score (nSPS) is 24.7. The topological polar surface area (TPSA) is 86.3 Å². The van der Waals surface area contributed by atoms with Crippen LogP contribution in [0.2, 0.25) is 0 Å². The van der Waals surface area contributed by atoms with Gasteiger partial charge in [0.05, 0.1) is 5.60 Å². The van der Waals surface area contributed by atoms with Crippen molar-refractivity contribution in [3.05, 3.63) is 28.2 Å². The summed E-state index contributed by atoms with van der Waals surface area (Å²) >= 11 is 0. The molecule has 2 rings (SSSR count). The quantitative estimate of drug-likeness (QED) is 0.705. The van der Waals surface area contributed by atoms with Crippen LogP contribution >= 0.6 is 0 Å². The van der Waals surface area contributed by atoms with Crippen molar-refractivity contribution in [1.82, 2.24) is 15.1 Å². The number of piperidine rings is 1. The molecule has 1 saturated heterocycles. The highest BCUT2D eigenvalue weighted by Crippen LogP contribution is 2.21. The van der Waals surface area contributed by atoms with Gasteiger partial charge in [0.15, 0.2) is 0 Å². The molecule has 6 heteroatoms. The van der Waals surface area contributed by atoms with Gasteiger partial charge in [-0.25, -0.2) is 5.10 Å². The first-order chi connectivity index (χ1) is 7.98. The summed E-state index contributed by atoms with van der Waals surface area (Å²) in [5.74, 6) is -0.263. The van der Waals surface area contributed by atoms with Gasteiger partial charge >= 0.3 is 0 Å². The van der Waals surface area contributed by atoms with E-state index in [1.807, 2.05) is 0 Å². The molecule has 2 heterocycles. The summed E-state index contributed by atoms with van der Waals surface area (Å²) in [6, 6.07) is 2.66. The predicted octanol–water partition coefficient (Wildman–Crippen LogP) is -0.243. The lowest BCUT2D eigenvalue weighted by atomic mass is 9.95. The van der Waals surface area contributed by atoms with Gasteiger partial charge in [-0.3, -0.25) is 9.59 Å². The minimum absolute atomic E-state index is 0.197. The second kappa shape index (κ2) is 4.29. The largest absolute Gasteiger partial charge is 0.388 e. The van der Waals surface area contributed by atoms with E-state index in [0.29, 0.717) is 19.5 Å². The Hall–Kier alpha value is -1.69. The van der Waals surface area contributed by atoms with Gasteiger partial charge in [0, 0.05) is 19.2 Å². The van der Waals surface area contributed by atoms with Crippen LogP contribution in [0.4, 0.5) is 0 Å². The second-order valence-electron chi connectivity index (χ2n) is 4.63. The number of likely N-dealkylation sites (tertiary alicyclic amines) is 1. The molecule has 1 aliphatic rings. The standard InChI is InChI=1S/C11H15N3O3/c1-11(17)5-2-6-14(7-11)10(16)8-3-4-9(15)13-12-8/h3-4,17H,2,5-7H2,1H3,(H,13,15). The third kappa shape index (κ3) is 2.71. The van der Waals surface area contributed by atoms with E-state index >= 15 is 0 Å². The van der Waals surface area contributed by atoms with Crippen LogP contribution in [0.15, 0.2) is 16.9 Å². The Morgan fingerprint density at radius 2 is 2.35 bits per heavy atom. The number of nitrogens with one attached hydrogen (secondary N) is 1. The summed E-state index contributed by atoms with van der Waals surface area (Å²) in [6.07, 6.45) is 1.46. The van der Waals surface area contributed by atoms with Crippen LogP contribution in [0.25, 0.3) is 0 Å². The lowest BCUT2D eigenvalue weighted by Crippen LogP contribution is -2.48. The lowest BCUT2D eigenvalue weighted by Gasteiger charge is -2.36. The van der Waals surface area contributed by atoms with E-state index in [0.717, 1.165) is 6.42 Å². The second-order valence-corrected chi connectivity index (χ2v) is 4.63. The fourth-order valence-corrected chi connectivity index (χ4v) is 2.02. The summed E-state index contributed by atoms with van der Waals surface area (Å²) in [6.45, 7) is 2.62. The maximum Gasteiger partial charge on any atom is 0.274 e. The third-order valence-corrected chi connectivity index (χ3v) is 2.86. The van der Waals surface area contributed by atoms with Gasteiger partial charge in [-0.1, -0.05) is 0 Å². The van der Waals surface area contributed by atoms with E-state index in [9.17, 15) is 14.7 Å². The number of rotatable bonds is 1. The molecule has 0 aromatic carbocycles. The molecule has 17 heavy (non-hydrogen) atoms. The zero-order chi connectivity index (χ0) is 12.5. The molecule has 1 amide bonds. The van der Waals surface area contributed by atoms with Crippen molar-refractivity contribution in [2.45, 2.75) is 25.4 Å². The van der Waals surface area contributed by atoms with Crippen LogP contribution in [-0.2, 0) is 0 Å². The van der Waals surface area contributed by atoms with E-state index in [4.69, 9.17) is 0 Å². The monoisotopic (exact) mass is 237 g/mol. The number of nitrogens with zero attached hydrogens (tertiary/aromatic N) is 2. The zero-order valence-corrected chi connectivity index (χ0v) is 9.64. The van der Waals surface area contributed by atoms with Gasteiger partial charge in [-0.05, 0) is 25.8 Å². The molecule has 0 bridgehead atoms. The number of aromatic amines is 1. The number of amides is 1. The maximum atomic E-state index is 12.0. The average molecular weight is 237 g/mol. The number of carbonyl (C=O) groups excluding carboxylic acids is 1. The molecular formula is C11H15N3O3. The third-order valence-electron chi connectivity index (χ3n) is 2.86. The van der Waals surface area contributed by atoms with Crippen LogP contribution in [0.1, 0.15) is 30.3 Å². The number of β-amino-alcohol motifs (C(OH)–C–C–N with tert-alkyl or cyclic N) is 1. The van der Waals surface area contributed by atoms with Gasteiger partial charge in [-0.2, -0.15) is 5.10 Å².